The number of methoxy groups -OCH3 is 2. The van der Waals surface area contributed by atoms with Crippen molar-refractivity contribution in [2.24, 2.45) is 5.92 Å². The van der Waals surface area contributed by atoms with Crippen LogP contribution in [0.25, 0.3) is 0 Å². The third-order valence-corrected chi connectivity index (χ3v) is 5.52. The zero-order chi connectivity index (χ0) is 18.5. The van der Waals surface area contributed by atoms with Gasteiger partial charge in [-0.3, -0.25) is 4.79 Å². The first kappa shape index (κ1) is 18.5. The number of amides is 1. The summed E-state index contributed by atoms with van der Waals surface area (Å²) in [7, 11) is 2.96. The minimum absolute atomic E-state index is 0.108. The Labute approximate surface area is 154 Å². The summed E-state index contributed by atoms with van der Waals surface area (Å²) in [6.45, 7) is 0.513. The molecule has 1 aliphatic heterocycles. The van der Waals surface area contributed by atoms with Gasteiger partial charge in [0.15, 0.2) is 6.61 Å². The van der Waals surface area contributed by atoms with Gasteiger partial charge in [-0.1, -0.05) is 18.9 Å². The van der Waals surface area contributed by atoms with Crippen molar-refractivity contribution in [3.63, 3.8) is 0 Å². The van der Waals surface area contributed by atoms with Gasteiger partial charge < -0.3 is 19.1 Å². The molecular formula is C20H27NO5. The van der Waals surface area contributed by atoms with Crippen LogP contribution >= 0.6 is 0 Å². The monoisotopic (exact) mass is 361 g/mol. The summed E-state index contributed by atoms with van der Waals surface area (Å²) in [6, 6.07) is 5.37. The Kier molecular flexibility index (Phi) is 6.01. The largest absolute Gasteiger partial charge is 0.496 e. The first-order chi connectivity index (χ1) is 12.7. The van der Waals surface area contributed by atoms with E-state index in [4.69, 9.17) is 14.2 Å². The molecule has 1 aliphatic carbocycles. The summed E-state index contributed by atoms with van der Waals surface area (Å²) in [5, 5.41) is 0. The maximum absolute atomic E-state index is 12.7. The van der Waals surface area contributed by atoms with Crippen molar-refractivity contribution in [3.05, 3.63) is 23.8 Å². The Hall–Kier alpha value is -2.24. The molecule has 0 bridgehead atoms. The topological polar surface area (TPSA) is 65.1 Å². The predicted molar refractivity (Wildman–Crippen MR) is 96.5 cm³/mol. The van der Waals surface area contributed by atoms with Crippen LogP contribution in [0.2, 0.25) is 0 Å². The number of fused-ring (bicyclic) bond motifs is 1. The number of piperidine rings is 1. The molecule has 6 nitrogen and oxygen atoms in total. The van der Waals surface area contributed by atoms with Crippen LogP contribution in [0.5, 0.6) is 11.5 Å². The van der Waals surface area contributed by atoms with Crippen LogP contribution in [0.3, 0.4) is 0 Å². The number of carbonyl (C=O) groups is 2. The van der Waals surface area contributed by atoms with Gasteiger partial charge in [0.1, 0.15) is 17.1 Å². The van der Waals surface area contributed by atoms with E-state index in [2.05, 4.69) is 0 Å². The molecule has 0 unspecified atom stereocenters. The zero-order valence-electron chi connectivity index (χ0n) is 15.5. The summed E-state index contributed by atoms with van der Waals surface area (Å²) in [5.41, 5.74) is 0.208. The van der Waals surface area contributed by atoms with Gasteiger partial charge >= 0.3 is 5.97 Å². The molecule has 1 saturated carbocycles. The van der Waals surface area contributed by atoms with Gasteiger partial charge in [0.05, 0.1) is 14.2 Å². The van der Waals surface area contributed by atoms with Crippen molar-refractivity contribution in [1.82, 2.24) is 4.90 Å². The summed E-state index contributed by atoms with van der Waals surface area (Å²) < 4.78 is 15.8. The van der Waals surface area contributed by atoms with E-state index in [9.17, 15) is 9.59 Å². The average Bonchev–Trinajstić information content (AvgIpc) is 2.70. The first-order valence-corrected chi connectivity index (χ1v) is 9.33. The molecule has 6 heteroatoms. The normalized spacial score (nSPS) is 22.3. The van der Waals surface area contributed by atoms with Gasteiger partial charge in [-0.15, -0.1) is 0 Å². The number of likely N-dealkylation sites (tertiary alicyclic amines) is 1. The molecule has 26 heavy (non-hydrogen) atoms. The van der Waals surface area contributed by atoms with Crippen LogP contribution in [0.4, 0.5) is 0 Å². The van der Waals surface area contributed by atoms with E-state index in [1.54, 1.807) is 18.2 Å². The Morgan fingerprint density at radius 2 is 1.69 bits per heavy atom. The molecule has 0 N–H and O–H groups in total. The SMILES string of the molecule is COc1cccc(OC)c1C(=O)OCC(=O)N1CCC[C@H]2CCCC[C@H]21. The second-order valence-electron chi connectivity index (χ2n) is 6.95. The lowest BCUT2D eigenvalue weighted by molar-refractivity contribution is -0.140. The van der Waals surface area contributed by atoms with Crippen molar-refractivity contribution in [1.29, 1.82) is 0 Å². The lowest BCUT2D eigenvalue weighted by Crippen LogP contribution is -2.50. The highest BCUT2D eigenvalue weighted by Crippen LogP contribution is 2.35. The smallest absolute Gasteiger partial charge is 0.346 e. The van der Waals surface area contributed by atoms with Crippen molar-refractivity contribution in [2.75, 3.05) is 27.4 Å². The fourth-order valence-electron chi connectivity index (χ4n) is 4.27. The summed E-state index contributed by atoms with van der Waals surface area (Å²) in [4.78, 5) is 27.1. The third kappa shape index (κ3) is 3.79. The van der Waals surface area contributed by atoms with Crippen LogP contribution in [0.15, 0.2) is 18.2 Å². The van der Waals surface area contributed by atoms with Gasteiger partial charge in [-0.05, 0) is 43.7 Å². The summed E-state index contributed by atoms with van der Waals surface area (Å²) in [5.74, 6) is 0.624. The molecule has 2 atom stereocenters. The predicted octanol–water partition coefficient (Wildman–Crippen LogP) is 3.04. The van der Waals surface area contributed by atoms with E-state index in [0.717, 1.165) is 19.4 Å². The highest BCUT2D eigenvalue weighted by atomic mass is 16.5. The molecule has 142 valence electrons. The van der Waals surface area contributed by atoms with E-state index in [1.165, 1.54) is 39.9 Å². The van der Waals surface area contributed by atoms with Crippen LogP contribution in [-0.2, 0) is 9.53 Å². The van der Waals surface area contributed by atoms with Crippen LogP contribution in [0.1, 0.15) is 48.9 Å². The minimum Gasteiger partial charge on any atom is -0.496 e. The number of benzene rings is 1. The first-order valence-electron chi connectivity index (χ1n) is 9.33. The van der Waals surface area contributed by atoms with Gasteiger partial charge in [0.2, 0.25) is 0 Å². The average molecular weight is 361 g/mol. The molecule has 0 aromatic heterocycles. The highest BCUT2D eigenvalue weighted by Gasteiger charge is 2.36. The number of carbonyl (C=O) groups excluding carboxylic acids is 2. The number of nitrogens with zero attached hydrogens (tertiary/aromatic N) is 1. The van der Waals surface area contributed by atoms with E-state index >= 15 is 0 Å². The zero-order valence-corrected chi connectivity index (χ0v) is 15.5. The minimum atomic E-state index is -0.607. The van der Waals surface area contributed by atoms with Gasteiger partial charge in [0.25, 0.3) is 5.91 Å². The fourth-order valence-corrected chi connectivity index (χ4v) is 4.27. The van der Waals surface area contributed by atoms with Gasteiger partial charge in [0, 0.05) is 12.6 Å². The quantitative estimate of drug-likeness (QED) is 0.754. The lowest BCUT2D eigenvalue weighted by Gasteiger charge is -2.44. The third-order valence-electron chi connectivity index (χ3n) is 5.52. The molecule has 1 saturated heterocycles. The molecule has 3 rings (SSSR count). The molecule has 1 aromatic carbocycles. The second-order valence-corrected chi connectivity index (χ2v) is 6.95. The van der Waals surface area contributed by atoms with Crippen LogP contribution in [0, 0.1) is 5.92 Å². The maximum atomic E-state index is 12.7. The van der Waals surface area contributed by atoms with E-state index < -0.39 is 5.97 Å². The summed E-state index contributed by atoms with van der Waals surface area (Å²) in [6.07, 6.45) is 6.92. The number of rotatable bonds is 5. The molecular weight excluding hydrogens is 334 g/mol. The molecule has 0 radical (unpaired) electrons. The van der Waals surface area contributed by atoms with Crippen LogP contribution in [-0.4, -0.2) is 50.2 Å². The fraction of sp³-hybridized carbons (Fsp3) is 0.600. The Balaban J connectivity index is 1.65. The van der Waals surface area contributed by atoms with E-state index in [1.807, 2.05) is 4.90 Å². The molecule has 0 spiro atoms. The number of hydrogen-bond donors (Lipinski definition) is 0. The molecule has 1 heterocycles. The van der Waals surface area contributed by atoms with Gasteiger partial charge in [-0.2, -0.15) is 0 Å². The van der Waals surface area contributed by atoms with Crippen molar-refractivity contribution < 1.29 is 23.8 Å². The number of esters is 1. The molecule has 2 aliphatic rings. The number of hydrogen-bond acceptors (Lipinski definition) is 5. The molecule has 1 aromatic rings. The van der Waals surface area contributed by atoms with Crippen molar-refractivity contribution in [3.8, 4) is 11.5 Å². The van der Waals surface area contributed by atoms with E-state index in [0.29, 0.717) is 23.5 Å². The molecule has 2 fully saturated rings. The summed E-state index contributed by atoms with van der Waals surface area (Å²) >= 11 is 0. The Morgan fingerprint density at radius 3 is 2.38 bits per heavy atom. The Morgan fingerprint density at radius 1 is 1.04 bits per heavy atom. The second kappa shape index (κ2) is 8.43. The van der Waals surface area contributed by atoms with Crippen LogP contribution < -0.4 is 9.47 Å². The maximum Gasteiger partial charge on any atom is 0.346 e. The van der Waals surface area contributed by atoms with E-state index in [-0.39, 0.29) is 18.1 Å². The standard InChI is InChI=1S/C20H27NO5/c1-24-16-10-5-11-17(25-2)19(16)20(23)26-13-18(22)21-12-6-8-14-7-3-4-9-15(14)21/h5,10-11,14-15H,3-4,6-9,12-13H2,1-2H3/t14-,15-/m1/s1. The van der Waals surface area contributed by atoms with Gasteiger partial charge in [-0.25, -0.2) is 4.79 Å². The number of ether oxygens (including phenoxy) is 3. The molecule has 1 amide bonds. The lowest BCUT2D eigenvalue weighted by atomic mass is 9.78. The Bertz CT molecular complexity index is 635. The van der Waals surface area contributed by atoms with Crippen molar-refractivity contribution >= 4 is 11.9 Å². The van der Waals surface area contributed by atoms with Crippen molar-refractivity contribution in [2.45, 2.75) is 44.6 Å². The highest BCUT2D eigenvalue weighted by molar-refractivity contribution is 5.96.